The molecule has 7 nitrogen and oxygen atoms in total. The summed E-state index contributed by atoms with van der Waals surface area (Å²) in [4.78, 5) is 30.3. The van der Waals surface area contributed by atoms with Gasteiger partial charge in [0.1, 0.15) is 18.1 Å². The number of halogens is 1. The molecule has 2 heterocycles. The molecule has 1 fully saturated rings. The van der Waals surface area contributed by atoms with E-state index in [4.69, 9.17) is 22.1 Å². The first-order valence-corrected chi connectivity index (χ1v) is 8.79. The van der Waals surface area contributed by atoms with Crippen molar-refractivity contribution >= 4 is 23.4 Å². The molecule has 8 heteroatoms. The van der Waals surface area contributed by atoms with Crippen LogP contribution in [0.25, 0.3) is 0 Å². The van der Waals surface area contributed by atoms with Gasteiger partial charge in [-0.05, 0) is 31.0 Å². The average Bonchev–Trinajstić information content (AvgIpc) is 3.08. The molecule has 1 aliphatic heterocycles. The number of piperidine rings is 1. The molecule has 2 N–H and O–H groups in total. The molecule has 1 unspecified atom stereocenters. The Kier molecular flexibility index (Phi) is 5.46. The molecule has 0 saturated carbocycles. The summed E-state index contributed by atoms with van der Waals surface area (Å²) in [5, 5.41) is 0.406. The van der Waals surface area contributed by atoms with Crippen LogP contribution in [0.1, 0.15) is 34.9 Å². The minimum absolute atomic E-state index is 0.0655. The quantitative estimate of drug-likeness (QED) is 0.864. The van der Waals surface area contributed by atoms with Crippen molar-refractivity contribution in [3.05, 3.63) is 47.0 Å². The van der Waals surface area contributed by atoms with E-state index in [1.54, 1.807) is 40.1 Å². The molecule has 2 amide bonds. The number of likely N-dealkylation sites (tertiary alicyclic amines) is 1. The lowest BCUT2D eigenvalue weighted by Crippen LogP contribution is -2.40. The molecule has 0 bridgehead atoms. The van der Waals surface area contributed by atoms with Gasteiger partial charge in [0, 0.05) is 37.0 Å². The normalized spacial score (nSPS) is 17.2. The standard InChI is InChI=1S/C18H21ClN4O3/c1-26-15-5-4-12(9-14(15)19)18(25)23-7-2-3-13(10-23)17-21-6-8-22(17)11-16(20)24/h4-6,8-9,13H,2-3,7,10-11H2,1H3,(H2,20,24). The Morgan fingerprint density at radius 2 is 2.23 bits per heavy atom. The number of hydrogen-bond donors (Lipinski definition) is 1. The third-order valence-electron chi connectivity index (χ3n) is 4.55. The van der Waals surface area contributed by atoms with Crippen molar-refractivity contribution in [2.24, 2.45) is 5.73 Å². The van der Waals surface area contributed by atoms with Gasteiger partial charge in [0.05, 0.1) is 12.1 Å². The summed E-state index contributed by atoms with van der Waals surface area (Å²) in [5.74, 6) is 0.895. The van der Waals surface area contributed by atoms with Gasteiger partial charge in [-0.2, -0.15) is 0 Å². The Balaban J connectivity index is 1.76. The summed E-state index contributed by atoms with van der Waals surface area (Å²) >= 11 is 6.14. The first kappa shape index (κ1) is 18.3. The molecule has 2 aromatic rings. The molecule has 1 aliphatic rings. The van der Waals surface area contributed by atoms with Crippen LogP contribution in [0.4, 0.5) is 0 Å². The number of hydrogen-bond acceptors (Lipinski definition) is 4. The highest BCUT2D eigenvalue weighted by molar-refractivity contribution is 6.32. The van der Waals surface area contributed by atoms with E-state index in [-0.39, 0.29) is 18.4 Å². The zero-order chi connectivity index (χ0) is 18.7. The van der Waals surface area contributed by atoms with Crippen LogP contribution in [-0.2, 0) is 11.3 Å². The van der Waals surface area contributed by atoms with Crippen molar-refractivity contribution in [3.8, 4) is 5.75 Å². The molecule has 1 aromatic carbocycles. The van der Waals surface area contributed by atoms with E-state index in [1.165, 1.54) is 7.11 Å². The average molecular weight is 377 g/mol. The number of nitrogens with two attached hydrogens (primary N) is 1. The van der Waals surface area contributed by atoms with E-state index >= 15 is 0 Å². The molecule has 0 spiro atoms. The Morgan fingerprint density at radius 1 is 1.42 bits per heavy atom. The summed E-state index contributed by atoms with van der Waals surface area (Å²) in [6.07, 6.45) is 5.17. The number of amides is 2. The Morgan fingerprint density at radius 3 is 2.92 bits per heavy atom. The van der Waals surface area contributed by atoms with Crippen LogP contribution in [0.5, 0.6) is 5.75 Å². The van der Waals surface area contributed by atoms with E-state index in [2.05, 4.69) is 4.98 Å². The second-order valence-electron chi connectivity index (χ2n) is 6.32. The van der Waals surface area contributed by atoms with Crippen molar-refractivity contribution in [1.82, 2.24) is 14.5 Å². The van der Waals surface area contributed by atoms with Gasteiger partial charge in [-0.1, -0.05) is 11.6 Å². The molecular weight excluding hydrogens is 356 g/mol. The maximum atomic E-state index is 12.9. The van der Waals surface area contributed by atoms with E-state index in [0.717, 1.165) is 18.7 Å². The monoisotopic (exact) mass is 376 g/mol. The molecular formula is C18H21ClN4O3. The minimum atomic E-state index is -0.416. The van der Waals surface area contributed by atoms with Gasteiger partial charge >= 0.3 is 0 Å². The van der Waals surface area contributed by atoms with Crippen molar-refractivity contribution in [3.63, 3.8) is 0 Å². The van der Waals surface area contributed by atoms with E-state index in [1.807, 2.05) is 0 Å². The van der Waals surface area contributed by atoms with Gasteiger partial charge in [-0.25, -0.2) is 4.98 Å². The van der Waals surface area contributed by atoms with Crippen molar-refractivity contribution in [2.45, 2.75) is 25.3 Å². The van der Waals surface area contributed by atoms with Gasteiger partial charge < -0.3 is 19.9 Å². The Labute approximate surface area is 156 Å². The molecule has 1 saturated heterocycles. The molecule has 1 aromatic heterocycles. The van der Waals surface area contributed by atoms with Gasteiger partial charge in [-0.15, -0.1) is 0 Å². The number of primary amides is 1. The predicted octanol–water partition coefficient (Wildman–Crippen LogP) is 2.05. The fourth-order valence-electron chi connectivity index (χ4n) is 3.34. The van der Waals surface area contributed by atoms with Gasteiger partial charge in [0.25, 0.3) is 5.91 Å². The second-order valence-corrected chi connectivity index (χ2v) is 6.73. The number of carbonyl (C=O) groups excluding carboxylic acids is 2. The van der Waals surface area contributed by atoms with E-state index in [0.29, 0.717) is 29.4 Å². The highest BCUT2D eigenvalue weighted by Crippen LogP contribution is 2.29. The van der Waals surface area contributed by atoms with Crippen LogP contribution in [0.2, 0.25) is 5.02 Å². The largest absolute Gasteiger partial charge is 0.495 e. The fraction of sp³-hybridized carbons (Fsp3) is 0.389. The summed E-state index contributed by atoms with van der Waals surface area (Å²) in [6.45, 7) is 1.31. The lowest BCUT2D eigenvalue weighted by atomic mass is 9.96. The van der Waals surface area contributed by atoms with Crippen LogP contribution < -0.4 is 10.5 Å². The summed E-state index contributed by atoms with van der Waals surface area (Å²) in [7, 11) is 1.53. The van der Waals surface area contributed by atoms with Crippen molar-refractivity contribution in [2.75, 3.05) is 20.2 Å². The predicted molar refractivity (Wildman–Crippen MR) is 97.3 cm³/mol. The molecule has 0 radical (unpaired) electrons. The van der Waals surface area contributed by atoms with Gasteiger partial charge in [0.2, 0.25) is 5.91 Å². The third-order valence-corrected chi connectivity index (χ3v) is 4.84. The lowest BCUT2D eigenvalue weighted by molar-refractivity contribution is -0.118. The van der Waals surface area contributed by atoms with E-state index in [9.17, 15) is 9.59 Å². The van der Waals surface area contributed by atoms with E-state index < -0.39 is 5.91 Å². The molecule has 1 atom stereocenters. The maximum absolute atomic E-state index is 12.9. The van der Waals surface area contributed by atoms with Crippen LogP contribution >= 0.6 is 11.6 Å². The number of ether oxygens (including phenoxy) is 1. The molecule has 138 valence electrons. The summed E-state index contributed by atoms with van der Waals surface area (Å²) in [6, 6.07) is 5.03. The first-order valence-electron chi connectivity index (χ1n) is 8.41. The maximum Gasteiger partial charge on any atom is 0.253 e. The zero-order valence-electron chi connectivity index (χ0n) is 14.5. The first-order chi connectivity index (χ1) is 12.5. The van der Waals surface area contributed by atoms with Crippen LogP contribution in [0.3, 0.4) is 0 Å². The molecule has 0 aliphatic carbocycles. The third kappa shape index (κ3) is 3.83. The fourth-order valence-corrected chi connectivity index (χ4v) is 3.59. The van der Waals surface area contributed by atoms with Crippen molar-refractivity contribution in [1.29, 1.82) is 0 Å². The van der Waals surface area contributed by atoms with Crippen LogP contribution in [-0.4, -0.2) is 46.5 Å². The minimum Gasteiger partial charge on any atom is -0.495 e. The van der Waals surface area contributed by atoms with Gasteiger partial charge in [0.15, 0.2) is 0 Å². The molecule has 26 heavy (non-hydrogen) atoms. The summed E-state index contributed by atoms with van der Waals surface area (Å²) < 4.78 is 6.89. The number of rotatable bonds is 5. The Hall–Kier alpha value is -2.54. The SMILES string of the molecule is COc1ccc(C(=O)N2CCCC(c3nccn3CC(N)=O)C2)cc1Cl. The number of aromatic nitrogens is 2. The number of methoxy groups -OCH3 is 1. The number of benzene rings is 1. The van der Waals surface area contributed by atoms with Gasteiger partial charge in [-0.3, -0.25) is 9.59 Å². The number of carbonyl (C=O) groups is 2. The zero-order valence-corrected chi connectivity index (χ0v) is 15.3. The number of imidazole rings is 1. The van der Waals surface area contributed by atoms with Crippen LogP contribution in [0, 0.1) is 0 Å². The van der Waals surface area contributed by atoms with Crippen molar-refractivity contribution < 1.29 is 14.3 Å². The smallest absolute Gasteiger partial charge is 0.253 e. The highest BCUT2D eigenvalue weighted by Gasteiger charge is 2.28. The summed E-state index contributed by atoms with van der Waals surface area (Å²) in [5.41, 5.74) is 5.82. The second kappa shape index (κ2) is 7.78. The Bertz CT molecular complexity index is 821. The highest BCUT2D eigenvalue weighted by atomic mass is 35.5. The lowest BCUT2D eigenvalue weighted by Gasteiger charge is -2.32. The topological polar surface area (TPSA) is 90.4 Å². The molecule has 3 rings (SSSR count). The number of nitrogens with zero attached hydrogens (tertiary/aromatic N) is 3. The van der Waals surface area contributed by atoms with Crippen LogP contribution in [0.15, 0.2) is 30.6 Å².